The highest BCUT2D eigenvalue weighted by atomic mass is 32.1. The number of hydrogen-bond acceptors (Lipinski definition) is 6. The van der Waals surface area contributed by atoms with Crippen LogP contribution in [0.3, 0.4) is 0 Å². The van der Waals surface area contributed by atoms with E-state index < -0.39 is 0 Å². The zero-order valence-corrected chi connectivity index (χ0v) is 20.8. The van der Waals surface area contributed by atoms with Crippen molar-refractivity contribution in [1.29, 1.82) is 0 Å². The van der Waals surface area contributed by atoms with Gasteiger partial charge in [-0.05, 0) is 57.0 Å². The van der Waals surface area contributed by atoms with E-state index in [-0.39, 0.29) is 5.91 Å². The largest absolute Gasteiger partial charge is 0.373 e. The number of rotatable bonds is 4. The highest BCUT2D eigenvalue weighted by Gasteiger charge is 2.30. The van der Waals surface area contributed by atoms with E-state index >= 15 is 0 Å². The van der Waals surface area contributed by atoms with Gasteiger partial charge < -0.3 is 9.64 Å². The number of thiophene rings is 1. The molecule has 176 valence electrons. The lowest BCUT2D eigenvalue weighted by Gasteiger charge is -2.39. The quantitative estimate of drug-likeness (QED) is 0.581. The molecule has 2 atom stereocenters. The molecule has 2 aliphatic rings. The molecule has 0 saturated carbocycles. The van der Waals surface area contributed by atoms with Crippen molar-refractivity contribution in [1.82, 2.24) is 24.6 Å². The van der Waals surface area contributed by atoms with Gasteiger partial charge >= 0.3 is 0 Å². The van der Waals surface area contributed by atoms with Crippen LogP contribution in [0.15, 0.2) is 23.6 Å². The average molecular weight is 468 g/mol. The molecule has 1 amide bonds. The molecule has 2 fully saturated rings. The lowest BCUT2D eigenvalue weighted by atomic mass is 9.95. The lowest BCUT2D eigenvalue weighted by Crippen LogP contribution is -2.48. The number of nitrogens with zero attached hydrogens (tertiary/aromatic N) is 5. The van der Waals surface area contributed by atoms with Crippen LogP contribution in [0.1, 0.15) is 42.7 Å². The van der Waals surface area contributed by atoms with E-state index in [1.165, 1.54) is 0 Å². The van der Waals surface area contributed by atoms with Crippen LogP contribution in [0.2, 0.25) is 0 Å². The third-order valence-corrected chi connectivity index (χ3v) is 7.78. The molecule has 0 aromatic carbocycles. The number of aryl methyl sites for hydroxylation is 2. The molecule has 0 N–H and O–H groups in total. The van der Waals surface area contributed by atoms with Crippen LogP contribution in [0.25, 0.3) is 21.6 Å². The van der Waals surface area contributed by atoms with E-state index in [1.54, 1.807) is 16.0 Å². The summed E-state index contributed by atoms with van der Waals surface area (Å²) >= 11 is 1.64. The zero-order chi connectivity index (χ0) is 23.1. The van der Waals surface area contributed by atoms with Crippen LogP contribution < -0.4 is 0 Å². The second-order valence-corrected chi connectivity index (χ2v) is 10.6. The maximum atomic E-state index is 13.7. The van der Waals surface area contributed by atoms with E-state index in [2.05, 4.69) is 29.9 Å². The first kappa shape index (κ1) is 22.5. The molecular weight excluding hydrogens is 434 g/mol. The fourth-order valence-electron chi connectivity index (χ4n) is 5.45. The van der Waals surface area contributed by atoms with Gasteiger partial charge in [-0.1, -0.05) is 6.07 Å². The van der Waals surface area contributed by atoms with Crippen LogP contribution in [0.4, 0.5) is 0 Å². The van der Waals surface area contributed by atoms with Crippen molar-refractivity contribution in [2.24, 2.45) is 13.0 Å². The number of likely N-dealkylation sites (tertiary alicyclic amines) is 1. The van der Waals surface area contributed by atoms with Crippen LogP contribution >= 0.6 is 11.3 Å². The van der Waals surface area contributed by atoms with Crippen molar-refractivity contribution in [2.45, 2.75) is 45.8 Å². The number of aromatic nitrogens is 3. The van der Waals surface area contributed by atoms with Crippen LogP contribution in [0, 0.1) is 12.8 Å². The fourth-order valence-corrected chi connectivity index (χ4v) is 6.14. The summed E-state index contributed by atoms with van der Waals surface area (Å²) in [4.78, 5) is 24.2. The van der Waals surface area contributed by atoms with Gasteiger partial charge in [-0.2, -0.15) is 5.10 Å². The van der Waals surface area contributed by atoms with Gasteiger partial charge in [-0.3, -0.25) is 14.4 Å². The monoisotopic (exact) mass is 467 g/mol. The van der Waals surface area contributed by atoms with E-state index in [9.17, 15) is 4.79 Å². The van der Waals surface area contributed by atoms with Gasteiger partial charge in [0, 0.05) is 39.8 Å². The molecular formula is C25H33N5O2S. The normalized spacial score (nSPS) is 22.8. The maximum absolute atomic E-state index is 13.7. The van der Waals surface area contributed by atoms with Crippen molar-refractivity contribution in [3.63, 3.8) is 0 Å². The highest BCUT2D eigenvalue weighted by molar-refractivity contribution is 7.13. The molecule has 7 nitrogen and oxygen atoms in total. The van der Waals surface area contributed by atoms with Gasteiger partial charge in [-0.15, -0.1) is 11.3 Å². The van der Waals surface area contributed by atoms with Crippen LogP contribution in [0.5, 0.6) is 0 Å². The number of carbonyl (C=O) groups excluding carboxylic acids is 1. The number of hydrogen-bond donors (Lipinski definition) is 0. The third kappa shape index (κ3) is 4.56. The topological polar surface area (TPSA) is 63.5 Å². The number of fused-ring (bicyclic) bond motifs is 1. The van der Waals surface area contributed by atoms with E-state index in [1.807, 2.05) is 36.4 Å². The summed E-state index contributed by atoms with van der Waals surface area (Å²) in [6, 6.07) is 6.03. The summed E-state index contributed by atoms with van der Waals surface area (Å²) in [7, 11) is 1.90. The molecule has 8 heteroatoms. The molecule has 5 rings (SSSR count). The molecule has 2 unspecified atom stereocenters. The minimum atomic E-state index is 0.100. The Kier molecular flexibility index (Phi) is 6.24. The molecule has 0 bridgehead atoms. The second kappa shape index (κ2) is 9.16. The SMILES string of the molecule is Cc1nn(C)c2nc(-c3cccs3)cc(C(=O)N3CCC(CN4CC(C)OC(C)C4)CC3)c12. The van der Waals surface area contributed by atoms with Crippen molar-refractivity contribution in [3.8, 4) is 10.6 Å². The lowest BCUT2D eigenvalue weighted by molar-refractivity contribution is -0.0728. The zero-order valence-electron chi connectivity index (χ0n) is 20.0. The minimum absolute atomic E-state index is 0.100. The summed E-state index contributed by atoms with van der Waals surface area (Å²) < 4.78 is 7.67. The summed E-state index contributed by atoms with van der Waals surface area (Å²) in [6.45, 7) is 11.0. The Morgan fingerprint density at radius 3 is 2.61 bits per heavy atom. The fraction of sp³-hybridized carbons (Fsp3) is 0.560. The Morgan fingerprint density at radius 1 is 1.21 bits per heavy atom. The van der Waals surface area contributed by atoms with Crippen molar-refractivity contribution in [2.75, 3.05) is 32.7 Å². The van der Waals surface area contributed by atoms with E-state index in [4.69, 9.17) is 9.72 Å². The number of amides is 1. The number of ether oxygens (including phenoxy) is 1. The Labute approximate surface area is 199 Å². The summed E-state index contributed by atoms with van der Waals surface area (Å²) in [5, 5.41) is 7.48. The maximum Gasteiger partial charge on any atom is 0.254 e. The molecule has 0 radical (unpaired) electrons. The van der Waals surface area contributed by atoms with Crippen molar-refractivity contribution < 1.29 is 9.53 Å². The van der Waals surface area contributed by atoms with Gasteiger partial charge in [0.25, 0.3) is 5.91 Å². The molecule has 0 aliphatic carbocycles. The summed E-state index contributed by atoms with van der Waals surface area (Å²) in [5.41, 5.74) is 3.19. The van der Waals surface area contributed by atoms with Gasteiger partial charge in [0.1, 0.15) is 0 Å². The number of morpholine rings is 1. The number of pyridine rings is 1. The van der Waals surface area contributed by atoms with Gasteiger partial charge in [0.05, 0.1) is 39.4 Å². The smallest absolute Gasteiger partial charge is 0.254 e. The third-order valence-electron chi connectivity index (χ3n) is 6.89. The number of piperidine rings is 1. The van der Waals surface area contributed by atoms with Crippen LogP contribution in [-0.4, -0.2) is 75.4 Å². The molecule has 0 spiro atoms. The Balaban J connectivity index is 1.33. The second-order valence-electron chi connectivity index (χ2n) is 9.65. The van der Waals surface area contributed by atoms with Gasteiger partial charge in [-0.25, -0.2) is 4.98 Å². The molecule has 2 aliphatic heterocycles. The first-order valence-corrected chi connectivity index (χ1v) is 12.8. The van der Waals surface area contributed by atoms with Gasteiger partial charge in [0.15, 0.2) is 5.65 Å². The average Bonchev–Trinajstić information content (AvgIpc) is 3.41. The molecule has 2 saturated heterocycles. The molecule has 3 aromatic heterocycles. The molecule has 33 heavy (non-hydrogen) atoms. The molecule has 3 aromatic rings. The predicted octanol–water partition coefficient (Wildman–Crippen LogP) is 3.97. The first-order chi connectivity index (χ1) is 15.9. The van der Waals surface area contributed by atoms with Gasteiger partial charge in [0.2, 0.25) is 0 Å². The predicted molar refractivity (Wildman–Crippen MR) is 132 cm³/mol. The van der Waals surface area contributed by atoms with Crippen LogP contribution in [-0.2, 0) is 11.8 Å². The standard InChI is InChI=1S/C25H33N5O2S/c1-16-13-29(14-17(2)32-16)15-19-7-9-30(10-8-19)25(31)20-12-21(22-6-5-11-33-22)26-24-23(20)18(3)27-28(24)4/h5-6,11-12,16-17,19H,7-10,13-15H2,1-4H3. The minimum Gasteiger partial charge on any atom is -0.373 e. The van der Waals surface area contributed by atoms with Crippen molar-refractivity contribution in [3.05, 3.63) is 34.8 Å². The summed E-state index contributed by atoms with van der Waals surface area (Å²) in [5.74, 6) is 0.731. The Bertz CT molecular complexity index is 1120. The Hall–Kier alpha value is -2.29. The summed E-state index contributed by atoms with van der Waals surface area (Å²) in [6.07, 6.45) is 2.68. The Morgan fingerprint density at radius 2 is 1.94 bits per heavy atom. The highest BCUT2D eigenvalue weighted by Crippen LogP contribution is 2.31. The molecule has 5 heterocycles. The van der Waals surface area contributed by atoms with E-state index in [0.29, 0.717) is 18.1 Å². The van der Waals surface area contributed by atoms with E-state index in [0.717, 1.165) is 78.4 Å². The van der Waals surface area contributed by atoms with Crippen molar-refractivity contribution >= 4 is 28.3 Å². The number of carbonyl (C=O) groups is 1. The first-order valence-electron chi connectivity index (χ1n) is 11.9.